The van der Waals surface area contributed by atoms with Crippen LogP contribution in [-0.4, -0.2) is 0 Å². The van der Waals surface area contributed by atoms with E-state index in [1.807, 2.05) is 0 Å². The first-order valence-corrected chi connectivity index (χ1v) is 0. The van der Waals surface area contributed by atoms with Gasteiger partial charge in [0, 0.05) is 5.48 Å². The Balaban J connectivity index is 0. The van der Waals surface area contributed by atoms with Crippen molar-refractivity contribution in [2.75, 3.05) is 0 Å². The molecule has 0 atom stereocenters. The van der Waals surface area contributed by atoms with Gasteiger partial charge in [0.2, 0.25) is 0 Å². The van der Waals surface area contributed by atoms with Gasteiger partial charge in [-0.2, -0.15) is 0 Å². The van der Waals surface area contributed by atoms with Crippen LogP contribution in [-0.2, 0) is 22.5 Å². The second-order valence-electron chi connectivity index (χ2n) is 0. The molecule has 35 valence electrons. The van der Waals surface area contributed by atoms with Crippen molar-refractivity contribution in [1.82, 2.24) is 0 Å². The van der Waals surface area contributed by atoms with Crippen molar-refractivity contribution in [3.63, 3.8) is 0 Å². The molecule has 0 aromatic heterocycles. The van der Waals surface area contributed by atoms with Gasteiger partial charge in [-0.25, -0.2) is 0 Å². The number of rotatable bonds is 0. The van der Waals surface area contributed by atoms with Gasteiger partial charge in [-0.1, -0.05) is 0 Å². The zero-order valence-corrected chi connectivity index (χ0v) is 5.27. The standard InChI is InChI=1S/3ClH.Fe.O/h3*1H;;/q;;;+3;/p-3. The quantitative estimate of drug-likeness (QED) is 0.330. The third kappa shape index (κ3) is 33.0. The van der Waals surface area contributed by atoms with E-state index in [2.05, 4.69) is 0 Å². The summed E-state index contributed by atoms with van der Waals surface area (Å²) in [5, 5.41) is 0. The smallest absolute Gasteiger partial charge is 1.00 e. The first-order chi connectivity index (χ1) is 0. The van der Waals surface area contributed by atoms with Crippen LogP contribution in [0.3, 0.4) is 0 Å². The van der Waals surface area contributed by atoms with Gasteiger partial charge < -0.3 is 37.2 Å². The summed E-state index contributed by atoms with van der Waals surface area (Å²) in [5.41, 5.74) is 0. The maximum absolute atomic E-state index is 0. The Labute approximate surface area is 59.9 Å². The van der Waals surface area contributed by atoms with E-state index in [1.165, 1.54) is 0 Å². The summed E-state index contributed by atoms with van der Waals surface area (Å²) in [7, 11) is 0. The van der Waals surface area contributed by atoms with E-state index in [-0.39, 0.29) is 59.8 Å². The second-order valence-corrected chi connectivity index (χ2v) is 0. The molecule has 5 heteroatoms. The van der Waals surface area contributed by atoms with Crippen LogP contribution >= 0.6 is 0 Å². The molecular formula is Cl3FeO. The van der Waals surface area contributed by atoms with Crippen molar-refractivity contribution in [3.8, 4) is 0 Å². The van der Waals surface area contributed by atoms with Gasteiger partial charge in [-0.3, -0.25) is 0 Å². The van der Waals surface area contributed by atoms with Crippen LogP contribution in [0.1, 0.15) is 0 Å². The van der Waals surface area contributed by atoms with Gasteiger partial charge in [0.25, 0.3) is 0 Å². The third-order valence-corrected chi connectivity index (χ3v) is 0. The Morgan fingerprint density at radius 1 is 0.600 bits per heavy atom. The fourth-order valence-corrected chi connectivity index (χ4v) is 0. The van der Waals surface area contributed by atoms with Crippen molar-refractivity contribution in [2.45, 2.75) is 0 Å². The molecule has 0 spiro atoms. The fraction of sp³-hybridized carbons (Fsp3) is 0. The van der Waals surface area contributed by atoms with Crippen LogP contribution in [0.25, 0.3) is 0 Å². The maximum Gasteiger partial charge on any atom is 3.00 e. The summed E-state index contributed by atoms with van der Waals surface area (Å²) < 4.78 is 0. The Hall–Kier alpha value is 1.35. The largest absolute Gasteiger partial charge is 3.00 e. The summed E-state index contributed by atoms with van der Waals surface area (Å²) in [4.78, 5) is 0. The van der Waals surface area contributed by atoms with E-state index in [0.717, 1.165) is 0 Å². The second kappa shape index (κ2) is 55.6. The zero-order chi connectivity index (χ0) is 0. The van der Waals surface area contributed by atoms with Crippen molar-refractivity contribution in [3.05, 3.63) is 0 Å². The Morgan fingerprint density at radius 2 is 0.600 bits per heavy atom. The Kier molecular flexibility index (Phi) is 1110. The fourth-order valence-electron chi connectivity index (χ4n) is 0. The van der Waals surface area contributed by atoms with Crippen molar-refractivity contribution >= 4 is 0 Å². The van der Waals surface area contributed by atoms with Gasteiger partial charge in [0.15, 0.2) is 0 Å². The average molecular weight is 178 g/mol. The minimum Gasteiger partial charge on any atom is -1.00 e. The van der Waals surface area contributed by atoms with Crippen molar-refractivity contribution < 1.29 is 59.8 Å². The zero-order valence-electron chi connectivity index (χ0n) is 1.90. The first kappa shape index (κ1) is 99.8. The minimum absolute atomic E-state index is 0. The molecule has 0 rings (SSSR count). The average Bonchev–Trinajstić information content (AvgIpc) is 0. The molecule has 0 unspecified atom stereocenters. The van der Waals surface area contributed by atoms with E-state index in [4.69, 9.17) is 0 Å². The molecule has 0 aliphatic heterocycles. The van der Waals surface area contributed by atoms with E-state index in [0.29, 0.717) is 0 Å². The number of hydrogen-bond acceptors (Lipinski definition) is 0. The predicted molar refractivity (Wildman–Crippen MR) is 0.686 cm³/mol. The molecule has 0 aliphatic rings. The molecule has 0 bridgehead atoms. The summed E-state index contributed by atoms with van der Waals surface area (Å²) in [5.74, 6) is 0. The first-order valence-electron chi connectivity index (χ1n) is 0. The van der Waals surface area contributed by atoms with E-state index < -0.39 is 0 Å². The van der Waals surface area contributed by atoms with Crippen LogP contribution in [0.15, 0.2) is 0 Å². The van der Waals surface area contributed by atoms with Crippen LogP contribution in [0.5, 0.6) is 0 Å². The molecule has 0 heterocycles. The van der Waals surface area contributed by atoms with Gasteiger partial charge in [0.1, 0.15) is 0 Å². The van der Waals surface area contributed by atoms with Gasteiger partial charge in [0.05, 0.1) is 0 Å². The topological polar surface area (TPSA) is 28.5 Å². The van der Waals surface area contributed by atoms with Gasteiger partial charge in [-0.15, -0.1) is 0 Å². The molecule has 0 saturated heterocycles. The van der Waals surface area contributed by atoms with E-state index in [9.17, 15) is 0 Å². The Bertz CT molecular complexity index is 6.85. The summed E-state index contributed by atoms with van der Waals surface area (Å²) in [6, 6.07) is 0. The molecule has 0 aliphatic carbocycles. The van der Waals surface area contributed by atoms with Crippen LogP contribution in [0, 0.1) is 0 Å². The SMILES string of the molecule is [Cl-].[Cl-].[Cl-].[Fe+3].[O]. The predicted octanol–water partition coefficient (Wildman–Crippen LogP) is -9.11. The number of hydrogen-bond donors (Lipinski definition) is 0. The summed E-state index contributed by atoms with van der Waals surface area (Å²) >= 11 is 0. The van der Waals surface area contributed by atoms with Crippen molar-refractivity contribution in [2.24, 2.45) is 0 Å². The maximum atomic E-state index is 0. The summed E-state index contributed by atoms with van der Waals surface area (Å²) in [6.07, 6.45) is 0. The Morgan fingerprint density at radius 3 is 0.600 bits per heavy atom. The van der Waals surface area contributed by atoms with Crippen LogP contribution in [0.2, 0.25) is 0 Å². The normalized spacial score (nSPS) is 0. The molecule has 5 heavy (non-hydrogen) atoms. The molecule has 0 saturated carbocycles. The van der Waals surface area contributed by atoms with E-state index >= 15 is 0 Å². The van der Waals surface area contributed by atoms with Gasteiger partial charge >= 0.3 is 17.1 Å². The minimum atomic E-state index is 0. The molecule has 0 aromatic rings. The molecule has 0 aromatic carbocycles. The molecule has 0 amide bonds. The van der Waals surface area contributed by atoms with Crippen LogP contribution < -0.4 is 37.2 Å². The molecule has 0 fully saturated rings. The van der Waals surface area contributed by atoms with Crippen molar-refractivity contribution in [1.29, 1.82) is 0 Å². The van der Waals surface area contributed by atoms with Gasteiger partial charge in [-0.05, 0) is 0 Å². The summed E-state index contributed by atoms with van der Waals surface area (Å²) in [6.45, 7) is 0. The number of halogens is 3. The van der Waals surface area contributed by atoms with E-state index in [1.54, 1.807) is 0 Å². The van der Waals surface area contributed by atoms with Crippen LogP contribution in [0.4, 0.5) is 0 Å². The molecule has 0 N–H and O–H groups in total. The third-order valence-electron chi connectivity index (χ3n) is 0. The monoisotopic (exact) mass is 177 g/mol. The molecule has 3 radical (unpaired) electrons. The molecular weight excluding hydrogens is 178 g/mol. The molecule has 1 nitrogen and oxygen atoms in total.